The van der Waals surface area contributed by atoms with Gasteiger partial charge in [0.2, 0.25) is 0 Å². The summed E-state index contributed by atoms with van der Waals surface area (Å²) in [5.74, 6) is -0.0872. The third-order valence-electron chi connectivity index (χ3n) is 3.54. The van der Waals surface area contributed by atoms with Crippen LogP contribution < -0.4 is 10.1 Å². The lowest BCUT2D eigenvalue weighted by molar-refractivity contribution is -0.118. The average molecular weight is 408 g/mol. The molecule has 0 bridgehead atoms. The summed E-state index contributed by atoms with van der Waals surface area (Å²) >= 11 is 13.7. The molecule has 2 aromatic heterocycles. The molecule has 0 saturated carbocycles. The smallest absolute Gasteiger partial charge is 0.264 e. The van der Waals surface area contributed by atoms with Crippen molar-refractivity contribution in [3.63, 3.8) is 0 Å². The number of hydrogen-bond acceptors (Lipinski definition) is 5. The molecule has 26 heavy (non-hydrogen) atoms. The molecule has 0 fully saturated rings. The van der Waals surface area contributed by atoms with Crippen LogP contribution in [0.3, 0.4) is 0 Å². The van der Waals surface area contributed by atoms with Gasteiger partial charge in [-0.1, -0.05) is 53.5 Å². The maximum absolute atomic E-state index is 12.2. The number of pyridine rings is 1. The highest BCUT2D eigenvalue weighted by molar-refractivity contribution is 7.14. The van der Waals surface area contributed by atoms with Crippen LogP contribution in [-0.4, -0.2) is 22.5 Å². The zero-order valence-corrected chi connectivity index (χ0v) is 16.4. The lowest BCUT2D eigenvalue weighted by Crippen LogP contribution is -2.20. The van der Waals surface area contributed by atoms with E-state index in [1.165, 1.54) is 11.3 Å². The van der Waals surface area contributed by atoms with Crippen LogP contribution in [0.2, 0.25) is 10.0 Å². The Bertz CT molecular complexity index is 919. The van der Waals surface area contributed by atoms with Gasteiger partial charge in [-0.2, -0.15) is 0 Å². The highest BCUT2D eigenvalue weighted by atomic mass is 35.5. The van der Waals surface area contributed by atoms with Crippen LogP contribution in [0.15, 0.2) is 35.7 Å². The van der Waals surface area contributed by atoms with Crippen LogP contribution in [0.4, 0.5) is 5.13 Å². The molecule has 3 aromatic rings. The molecule has 0 atom stereocenters. The number of nitrogens with zero attached hydrogens (tertiary/aromatic N) is 2. The van der Waals surface area contributed by atoms with Crippen molar-refractivity contribution in [2.75, 3.05) is 11.9 Å². The minimum Gasteiger partial charge on any atom is -0.480 e. The highest BCUT2D eigenvalue weighted by Crippen LogP contribution is 2.36. The highest BCUT2D eigenvalue weighted by Gasteiger charge is 2.16. The van der Waals surface area contributed by atoms with Crippen LogP contribution in [-0.2, 0) is 4.79 Å². The second-order valence-corrected chi connectivity index (χ2v) is 7.09. The number of thiazole rings is 1. The number of amides is 1. The number of rotatable bonds is 5. The first-order chi connectivity index (χ1) is 12.5. The Morgan fingerprint density at radius 1 is 1.12 bits per heavy atom. The van der Waals surface area contributed by atoms with Gasteiger partial charge in [0.15, 0.2) is 17.5 Å². The van der Waals surface area contributed by atoms with E-state index in [4.69, 9.17) is 27.9 Å². The summed E-state index contributed by atoms with van der Waals surface area (Å²) in [5.41, 5.74) is 2.98. The molecule has 0 aliphatic rings. The van der Waals surface area contributed by atoms with E-state index in [0.717, 1.165) is 11.3 Å². The molecule has 0 saturated heterocycles. The quantitative estimate of drug-likeness (QED) is 0.635. The van der Waals surface area contributed by atoms with E-state index in [1.54, 1.807) is 13.8 Å². The van der Waals surface area contributed by atoms with Gasteiger partial charge in [0, 0.05) is 10.9 Å². The Morgan fingerprint density at radius 3 is 2.42 bits per heavy atom. The van der Waals surface area contributed by atoms with Crippen molar-refractivity contribution in [3.05, 3.63) is 57.1 Å². The summed E-state index contributed by atoms with van der Waals surface area (Å²) < 4.78 is 5.52. The van der Waals surface area contributed by atoms with Gasteiger partial charge in [-0.05, 0) is 13.8 Å². The number of carbonyl (C=O) groups is 1. The monoisotopic (exact) mass is 407 g/mol. The van der Waals surface area contributed by atoms with Crippen LogP contribution in [0, 0.1) is 13.8 Å². The van der Waals surface area contributed by atoms with Crippen molar-refractivity contribution in [2.24, 2.45) is 0 Å². The van der Waals surface area contributed by atoms with Gasteiger partial charge >= 0.3 is 0 Å². The number of nitrogens with one attached hydrogen (secondary N) is 1. The van der Waals surface area contributed by atoms with Gasteiger partial charge in [0.25, 0.3) is 5.91 Å². The third kappa shape index (κ3) is 4.15. The van der Waals surface area contributed by atoms with Crippen molar-refractivity contribution < 1.29 is 9.53 Å². The summed E-state index contributed by atoms with van der Waals surface area (Å²) in [6.45, 7) is 3.27. The summed E-state index contributed by atoms with van der Waals surface area (Å²) in [5, 5.41) is 5.69. The minimum atomic E-state index is -0.349. The van der Waals surface area contributed by atoms with E-state index in [1.807, 2.05) is 35.7 Å². The zero-order chi connectivity index (χ0) is 18.7. The fraction of sp³-hybridized carbons (Fsp3) is 0.167. The van der Waals surface area contributed by atoms with Gasteiger partial charge in [0.05, 0.1) is 17.1 Å². The number of halogens is 2. The zero-order valence-electron chi connectivity index (χ0n) is 14.0. The Labute approximate surface area is 165 Å². The lowest BCUT2D eigenvalue weighted by atomic mass is 10.2. The first-order valence-electron chi connectivity index (χ1n) is 7.71. The largest absolute Gasteiger partial charge is 0.480 e. The Morgan fingerprint density at radius 2 is 1.77 bits per heavy atom. The molecule has 0 spiro atoms. The Hall–Kier alpha value is -2.15. The van der Waals surface area contributed by atoms with E-state index in [9.17, 15) is 4.79 Å². The molecular formula is C18H15Cl2N3O2S. The minimum absolute atomic E-state index is 0.234. The molecule has 1 aromatic carbocycles. The fourth-order valence-electron chi connectivity index (χ4n) is 2.27. The summed E-state index contributed by atoms with van der Waals surface area (Å²) in [4.78, 5) is 20.8. The predicted octanol–water partition coefficient (Wildman–Crippen LogP) is 5.15. The van der Waals surface area contributed by atoms with Gasteiger partial charge in [0.1, 0.15) is 10.0 Å². The molecule has 0 aliphatic carbocycles. The maximum atomic E-state index is 12.2. The van der Waals surface area contributed by atoms with Crippen molar-refractivity contribution >= 4 is 45.6 Å². The predicted molar refractivity (Wildman–Crippen MR) is 105 cm³/mol. The first kappa shape index (κ1) is 18.6. The number of carbonyl (C=O) groups excluding carboxylic acids is 1. The second kappa shape index (κ2) is 8.03. The van der Waals surface area contributed by atoms with Crippen LogP contribution in [0.5, 0.6) is 5.75 Å². The lowest BCUT2D eigenvalue weighted by Gasteiger charge is -2.12. The van der Waals surface area contributed by atoms with Crippen LogP contribution in [0.25, 0.3) is 11.3 Å². The van der Waals surface area contributed by atoms with E-state index in [-0.39, 0.29) is 18.3 Å². The molecule has 134 valence electrons. The fourth-order valence-corrected chi connectivity index (χ4v) is 3.43. The van der Waals surface area contributed by atoms with Crippen molar-refractivity contribution in [3.8, 4) is 17.0 Å². The molecule has 0 aliphatic heterocycles. The standard InChI is InChI=1S/C18H15Cl2N3O2S/c1-10-15(19)17(16(20)11(2)21-10)25-8-14(24)23-18-22-13(9-26-18)12-6-4-3-5-7-12/h3-7,9H,8H2,1-2H3,(H,22,23,24). The molecule has 5 nitrogen and oxygen atoms in total. The average Bonchev–Trinajstić information content (AvgIpc) is 3.09. The van der Waals surface area contributed by atoms with Crippen molar-refractivity contribution in [2.45, 2.75) is 13.8 Å². The van der Waals surface area contributed by atoms with Crippen molar-refractivity contribution in [1.82, 2.24) is 9.97 Å². The Balaban J connectivity index is 1.65. The first-order valence-corrected chi connectivity index (χ1v) is 9.35. The molecule has 3 rings (SSSR count). The summed E-state index contributed by atoms with van der Waals surface area (Å²) in [6.07, 6.45) is 0. The second-order valence-electron chi connectivity index (χ2n) is 5.48. The van der Waals surface area contributed by atoms with Gasteiger partial charge in [-0.3, -0.25) is 15.1 Å². The normalized spacial score (nSPS) is 10.6. The van der Waals surface area contributed by atoms with Gasteiger partial charge in [-0.25, -0.2) is 4.98 Å². The molecular weight excluding hydrogens is 393 g/mol. The molecule has 0 unspecified atom stereocenters. The van der Waals surface area contributed by atoms with Crippen LogP contribution >= 0.6 is 34.5 Å². The Kier molecular flexibility index (Phi) is 5.76. The van der Waals surface area contributed by atoms with E-state index >= 15 is 0 Å². The number of aryl methyl sites for hydroxylation is 2. The van der Waals surface area contributed by atoms with Gasteiger partial charge in [-0.15, -0.1) is 11.3 Å². The summed E-state index contributed by atoms with van der Waals surface area (Å²) in [7, 11) is 0. The van der Waals surface area contributed by atoms with E-state index < -0.39 is 0 Å². The molecule has 8 heteroatoms. The molecule has 0 radical (unpaired) electrons. The number of aromatic nitrogens is 2. The van der Waals surface area contributed by atoms with E-state index in [0.29, 0.717) is 26.6 Å². The number of hydrogen-bond donors (Lipinski definition) is 1. The molecule has 2 heterocycles. The maximum Gasteiger partial charge on any atom is 0.264 e. The van der Waals surface area contributed by atoms with Crippen molar-refractivity contribution in [1.29, 1.82) is 0 Å². The van der Waals surface area contributed by atoms with Crippen LogP contribution in [0.1, 0.15) is 11.4 Å². The molecule has 1 N–H and O–H groups in total. The molecule has 1 amide bonds. The number of ether oxygens (including phenoxy) is 1. The third-order valence-corrected chi connectivity index (χ3v) is 5.19. The topological polar surface area (TPSA) is 64.1 Å². The summed E-state index contributed by atoms with van der Waals surface area (Å²) in [6, 6.07) is 9.73. The van der Waals surface area contributed by atoms with Gasteiger partial charge < -0.3 is 4.74 Å². The number of benzene rings is 1. The number of anilines is 1. The van der Waals surface area contributed by atoms with E-state index in [2.05, 4.69) is 15.3 Å². The SMILES string of the molecule is Cc1nc(C)c(Cl)c(OCC(=O)Nc2nc(-c3ccccc3)cs2)c1Cl.